The Morgan fingerprint density at radius 1 is 1.34 bits per heavy atom. The third-order valence-corrected chi connectivity index (χ3v) is 10.9. The quantitative estimate of drug-likeness (QED) is 0.643. The first-order chi connectivity index (χ1) is 13.6. The molecule has 2 fully saturated rings. The van der Waals surface area contributed by atoms with Crippen LogP contribution in [-0.4, -0.2) is 60.5 Å². The third kappa shape index (κ3) is 4.40. The molecule has 2 bridgehead atoms. The minimum atomic E-state index is -1.88. The maximum absolute atomic E-state index is 12.6. The van der Waals surface area contributed by atoms with Gasteiger partial charge in [-0.2, -0.15) is 0 Å². The van der Waals surface area contributed by atoms with E-state index < -0.39 is 8.32 Å². The summed E-state index contributed by atoms with van der Waals surface area (Å²) in [6.07, 6.45) is 2.97. The predicted molar refractivity (Wildman–Crippen MR) is 110 cm³/mol. The van der Waals surface area contributed by atoms with Crippen molar-refractivity contribution in [1.29, 1.82) is 5.31 Å². The predicted octanol–water partition coefficient (Wildman–Crippen LogP) is 3.67. The van der Waals surface area contributed by atoms with E-state index in [4.69, 9.17) is 18.9 Å². The summed E-state index contributed by atoms with van der Waals surface area (Å²) in [5.74, 6) is 1.01. The van der Waals surface area contributed by atoms with Gasteiger partial charge in [-0.3, -0.25) is 0 Å². The zero-order valence-electron chi connectivity index (χ0n) is 18.3. The van der Waals surface area contributed by atoms with Crippen LogP contribution >= 0.6 is 0 Å². The van der Waals surface area contributed by atoms with E-state index in [0.29, 0.717) is 24.7 Å². The molecule has 2 aliphatic heterocycles. The van der Waals surface area contributed by atoms with Crippen molar-refractivity contribution in [3.05, 3.63) is 11.8 Å². The van der Waals surface area contributed by atoms with Crippen LogP contribution in [0, 0.1) is 5.31 Å². The molecule has 2 aliphatic rings. The fourth-order valence-corrected chi connectivity index (χ4v) is 5.06. The molecular formula is C18H32BN5O4Si. The van der Waals surface area contributed by atoms with Gasteiger partial charge in [0, 0.05) is 0 Å². The molecule has 0 saturated carbocycles. The van der Waals surface area contributed by atoms with Crippen molar-refractivity contribution in [3.63, 3.8) is 0 Å². The van der Waals surface area contributed by atoms with Crippen molar-refractivity contribution >= 4 is 21.6 Å². The van der Waals surface area contributed by atoms with Crippen molar-refractivity contribution in [2.75, 3.05) is 6.54 Å². The number of aromatic nitrogens is 2. The number of nitrogens with one attached hydrogen (secondary N) is 1. The fourth-order valence-electron chi connectivity index (χ4n) is 3.62. The van der Waals surface area contributed by atoms with Crippen LogP contribution in [0.4, 0.5) is 4.79 Å². The van der Waals surface area contributed by atoms with Gasteiger partial charge in [0.05, 0.1) is 0 Å². The summed E-state index contributed by atoms with van der Waals surface area (Å²) >= 11 is 0. The molecule has 0 aromatic carbocycles. The molecule has 29 heavy (non-hydrogen) atoms. The Hall–Kier alpha value is -1.75. The number of carbonyl (C=O) groups is 1. The molecule has 11 heteroatoms. The number of carbonyl (C=O) groups excluding carboxylic acids is 1. The molecule has 1 aromatic heterocycles. The zero-order valence-corrected chi connectivity index (χ0v) is 19.3. The maximum atomic E-state index is 12.6. The molecule has 3 heterocycles. The number of fused-ring (bicyclic) bond motifs is 2. The van der Waals surface area contributed by atoms with Crippen molar-refractivity contribution < 1.29 is 18.4 Å². The average Bonchev–Trinajstić information content (AvgIpc) is 3.20. The summed E-state index contributed by atoms with van der Waals surface area (Å²) in [7, 11) is -1.10. The average molecular weight is 421 g/mol. The Morgan fingerprint density at radius 3 is 2.69 bits per heavy atom. The van der Waals surface area contributed by atoms with Gasteiger partial charge in [-0.15, -0.1) is 0 Å². The Bertz CT molecular complexity index is 753. The van der Waals surface area contributed by atoms with Gasteiger partial charge in [-0.25, -0.2) is 0 Å². The third-order valence-electron chi connectivity index (χ3n) is 6.38. The van der Waals surface area contributed by atoms with Crippen molar-refractivity contribution in [2.45, 2.75) is 89.7 Å². The van der Waals surface area contributed by atoms with Crippen LogP contribution in [0.15, 0.2) is 4.42 Å². The molecule has 3 atom stereocenters. The summed E-state index contributed by atoms with van der Waals surface area (Å²) in [5, 5.41) is 17.0. The van der Waals surface area contributed by atoms with Crippen LogP contribution in [0.1, 0.15) is 64.8 Å². The standard InChI is InChI=1S/C18H32BN5O4Si/c1-7-13(27-29(5,6)18(2,3)4)10-15-21-22-16(26-15)14-9-8-12-11-23(14)17(25)24(12)28-19-20/h12-14,20H,7-11H2,1-6H3/t12-,13?,14+/m1/s1. The summed E-state index contributed by atoms with van der Waals surface area (Å²) < 4.78 is 17.5. The van der Waals surface area contributed by atoms with E-state index in [-0.39, 0.29) is 29.3 Å². The molecule has 1 N–H and O–H groups in total. The van der Waals surface area contributed by atoms with Crippen LogP contribution in [0.3, 0.4) is 0 Å². The van der Waals surface area contributed by atoms with Crippen LogP contribution in [0.2, 0.25) is 18.1 Å². The van der Waals surface area contributed by atoms with Crippen molar-refractivity contribution in [2.24, 2.45) is 0 Å². The number of amides is 2. The van der Waals surface area contributed by atoms with Gasteiger partial charge in [0.2, 0.25) is 0 Å². The SMILES string of the molecule is CCC(Cc1nnc([C@@H]2CC[C@@H]3CN2C(=O)N3OB=N)o1)O[Si](C)(C)C(C)(C)C. The van der Waals surface area contributed by atoms with E-state index in [2.05, 4.69) is 51.0 Å². The molecule has 2 saturated heterocycles. The number of hydrogen-bond acceptors (Lipinski definition) is 7. The number of piperidine rings is 1. The minimum Gasteiger partial charge on any atom is -0.0604 e. The van der Waals surface area contributed by atoms with Crippen LogP contribution in [0.5, 0.6) is 0 Å². The Labute approximate surface area is 174 Å². The first-order valence-electron chi connectivity index (χ1n) is 10.3. The van der Waals surface area contributed by atoms with Crippen LogP contribution in [0.25, 0.3) is 0 Å². The first kappa shape index (κ1) is 21.9. The first-order valence-corrected chi connectivity index (χ1v) is 13.2. The molecular weight excluding hydrogens is 389 g/mol. The second-order valence-corrected chi connectivity index (χ2v) is 14.1. The number of urea groups is 1. The normalized spacial score (nSPS) is 23.3. The van der Waals surface area contributed by atoms with E-state index in [1.165, 1.54) is 5.06 Å². The Balaban J connectivity index is 1.68. The zero-order chi connectivity index (χ0) is 21.4. The monoisotopic (exact) mass is 421 g/mol. The van der Waals surface area contributed by atoms with Crippen molar-refractivity contribution in [3.8, 4) is 0 Å². The summed E-state index contributed by atoms with van der Waals surface area (Å²) in [6.45, 7) is 13.8. The summed E-state index contributed by atoms with van der Waals surface area (Å²) in [4.78, 5) is 14.3. The molecule has 0 spiro atoms. The van der Waals surface area contributed by atoms with Gasteiger partial charge in [-0.05, 0) is 18.1 Å². The Morgan fingerprint density at radius 2 is 2.07 bits per heavy atom. The van der Waals surface area contributed by atoms with Crippen LogP contribution < -0.4 is 0 Å². The molecule has 0 aliphatic carbocycles. The molecule has 3 rings (SSSR count). The second-order valence-electron chi connectivity index (χ2n) is 9.38. The van der Waals surface area contributed by atoms with Gasteiger partial charge < -0.3 is 0 Å². The van der Waals surface area contributed by atoms with Gasteiger partial charge in [0.15, 0.2) is 0 Å². The van der Waals surface area contributed by atoms with Gasteiger partial charge >= 0.3 is 135 Å². The molecule has 160 valence electrons. The van der Waals surface area contributed by atoms with E-state index in [0.717, 1.165) is 26.5 Å². The second kappa shape index (κ2) is 8.17. The molecule has 2 amide bonds. The summed E-state index contributed by atoms with van der Waals surface area (Å²) in [5.41, 5.74) is 0. The molecule has 9 nitrogen and oxygen atoms in total. The topological polar surface area (TPSA) is 105 Å². The molecule has 1 unspecified atom stereocenters. The van der Waals surface area contributed by atoms with E-state index in [1.54, 1.807) is 4.90 Å². The van der Waals surface area contributed by atoms with E-state index >= 15 is 0 Å². The number of hydroxylamine groups is 2. The Kier molecular flexibility index (Phi) is 6.19. The van der Waals surface area contributed by atoms with Gasteiger partial charge in [0.1, 0.15) is 0 Å². The van der Waals surface area contributed by atoms with Gasteiger partial charge in [0.25, 0.3) is 0 Å². The molecule has 0 radical (unpaired) electrons. The van der Waals surface area contributed by atoms with Crippen LogP contribution in [-0.2, 0) is 15.6 Å². The van der Waals surface area contributed by atoms with Gasteiger partial charge in [-0.1, -0.05) is 20.8 Å². The number of rotatable bonds is 8. The smallest absolute Gasteiger partial charge is 0.0604 e. The minimum absolute atomic E-state index is 0.0322. The van der Waals surface area contributed by atoms with E-state index in [9.17, 15) is 4.79 Å². The summed E-state index contributed by atoms with van der Waals surface area (Å²) in [6, 6.07) is -0.542. The number of nitrogens with zero attached hydrogens (tertiary/aromatic N) is 4. The fraction of sp³-hybridized carbons (Fsp3) is 0.833. The van der Waals surface area contributed by atoms with E-state index in [1.807, 2.05) is 0 Å². The number of hydrogen-bond donors (Lipinski definition) is 1. The molecule has 1 aromatic rings. The van der Waals surface area contributed by atoms with Crippen molar-refractivity contribution in [1.82, 2.24) is 20.2 Å².